The molecule has 0 aliphatic carbocycles. The Kier molecular flexibility index (Phi) is 61.0. The third kappa shape index (κ3) is 65.0. The highest BCUT2D eigenvalue weighted by molar-refractivity contribution is 7.45. The fourth-order valence-electron chi connectivity index (χ4n) is 9.92. The fraction of sp³-hybridized carbons (Fsp3) is 0.767. The van der Waals surface area contributed by atoms with Crippen LogP contribution in [-0.2, 0) is 18.4 Å². The number of amides is 1. The van der Waals surface area contributed by atoms with Gasteiger partial charge < -0.3 is 28.8 Å². The maximum absolute atomic E-state index is 13.0. The second-order valence-corrected chi connectivity index (χ2v) is 25.9. The van der Waals surface area contributed by atoms with Crippen molar-refractivity contribution in [1.29, 1.82) is 0 Å². The van der Waals surface area contributed by atoms with Crippen molar-refractivity contribution in [3.63, 3.8) is 0 Å². The molecule has 0 radical (unpaired) electrons. The van der Waals surface area contributed by atoms with Crippen LogP contribution in [0.2, 0.25) is 0 Å². The van der Waals surface area contributed by atoms with Gasteiger partial charge in [0, 0.05) is 6.42 Å². The summed E-state index contributed by atoms with van der Waals surface area (Å²) >= 11 is 0. The third-order valence-electron chi connectivity index (χ3n) is 15.3. The van der Waals surface area contributed by atoms with Gasteiger partial charge in [-0.1, -0.05) is 310 Å². The van der Waals surface area contributed by atoms with Crippen LogP contribution < -0.4 is 10.2 Å². The molecule has 0 spiro atoms. The number of hydrogen-bond donors (Lipinski definition) is 2. The monoisotopic (exact) mass is 1160 g/mol. The van der Waals surface area contributed by atoms with Crippen molar-refractivity contribution in [3.8, 4) is 0 Å². The van der Waals surface area contributed by atoms with Gasteiger partial charge in [-0.15, -0.1) is 0 Å². The van der Waals surface area contributed by atoms with Gasteiger partial charge >= 0.3 is 0 Å². The molecule has 9 heteroatoms. The van der Waals surface area contributed by atoms with Crippen LogP contribution in [0.25, 0.3) is 0 Å². The Morgan fingerprint density at radius 3 is 1.13 bits per heavy atom. The van der Waals surface area contributed by atoms with Crippen molar-refractivity contribution in [2.75, 3.05) is 40.9 Å². The van der Waals surface area contributed by atoms with Gasteiger partial charge in [-0.2, -0.15) is 0 Å². The lowest BCUT2D eigenvalue weighted by molar-refractivity contribution is -0.870. The fourth-order valence-corrected chi connectivity index (χ4v) is 10.6. The maximum Gasteiger partial charge on any atom is 0.268 e. The van der Waals surface area contributed by atoms with E-state index >= 15 is 0 Å². The van der Waals surface area contributed by atoms with E-state index in [1.807, 2.05) is 27.2 Å². The number of phosphoric acid groups is 1. The summed E-state index contributed by atoms with van der Waals surface area (Å²) in [6.45, 7) is 4.53. The smallest absolute Gasteiger partial charge is 0.268 e. The first-order valence-corrected chi connectivity index (χ1v) is 36.1. The molecule has 0 aliphatic rings. The van der Waals surface area contributed by atoms with Gasteiger partial charge in [0.15, 0.2) is 0 Å². The van der Waals surface area contributed by atoms with E-state index in [9.17, 15) is 19.4 Å². The minimum Gasteiger partial charge on any atom is -0.756 e. The molecule has 0 rings (SSSR count). The van der Waals surface area contributed by atoms with Gasteiger partial charge in [0.25, 0.3) is 7.82 Å². The van der Waals surface area contributed by atoms with E-state index < -0.39 is 26.6 Å². The van der Waals surface area contributed by atoms with Crippen molar-refractivity contribution < 1.29 is 32.9 Å². The van der Waals surface area contributed by atoms with Crippen LogP contribution in [0.4, 0.5) is 0 Å². The lowest BCUT2D eigenvalue weighted by Gasteiger charge is -2.29. The van der Waals surface area contributed by atoms with E-state index in [1.54, 1.807) is 6.08 Å². The number of unbranched alkanes of at least 4 members (excludes halogenated alkanes) is 36. The Balaban J connectivity index is 4.16. The molecule has 0 saturated heterocycles. The zero-order valence-electron chi connectivity index (χ0n) is 54.4. The number of quaternary nitrogens is 1. The third-order valence-corrected chi connectivity index (χ3v) is 16.2. The predicted molar refractivity (Wildman–Crippen MR) is 357 cm³/mol. The number of aliphatic hydroxyl groups is 1. The molecule has 0 heterocycles. The molecule has 3 unspecified atom stereocenters. The molecule has 2 N–H and O–H groups in total. The summed E-state index contributed by atoms with van der Waals surface area (Å²) in [5, 5.41) is 13.9. The summed E-state index contributed by atoms with van der Waals surface area (Å²) in [6.07, 6.45) is 91.0. The second-order valence-electron chi connectivity index (χ2n) is 24.5. The van der Waals surface area contributed by atoms with Crippen molar-refractivity contribution in [2.45, 2.75) is 321 Å². The number of carbonyl (C=O) groups excluding carboxylic acids is 1. The molecule has 0 fully saturated rings. The molecule has 3 atom stereocenters. The van der Waals surface area contributed by atoms with Crippen molar-refractivity contribution in [1.82, 2.24) is 5.32 Å². The summed E-state index contributed by atoms with van der Waals surface area (Å²) < 4.78 is 23.4. The summed E-state index contributed by atoms with van der Waals surface area (Å²) in [7, 11) is 1.23. The van der Waals surface area contributed by atoms with Crippen LogP contribution in [0.5, 0.6) is 0 Å². The van der Waals surface area contributed by atoms with Crippen LogP contribution in [0.3, 0.4) is 0 Å². The molecule has 0 saturated carbocycles. The Labute approximate surface area is 509 Å². The Morgan fingerprint density at radius 2 is 0.756 bits per heavy atom. The first-order chi connectivity index (χ1) is 40.0. The first-order valence-electron chi connectivity index (χ1n) is 34.6. The standard InChI is InChI=1S/C73H133N2O6P/c1-6-8-10-12-14-16-18-20-22-24-26-28-30-32-34-36-37-39-40-42-44-46-48-50-52-54-56-58-60-62-64-66-72(76)71(70-81-82(78,79)80-69-68-75(3,4)5)74-73(77)67-65-63-61-59-57-55-53-51-49-47-45-43-41-38-35-33-31-29-27-25-23-21-19-17-15-13-11-9-7-2/h9,11,15,17,21,23,27,29,33,35,48,50,56,58,64,66,71-72,76H,6-8,10,12-14,16,18-20,22,24-26,28,30-32,34,36-47,49,51-55,57,59-63,65,67-70H2,1-5H3,(H-,74,77,78,79)/b11-9-,17-15-,23-21-,29-27-,35-33-,50-48+,58-56+,66-64+. The van der Waals surface area contributed by atoms with Gasteiger partial charge in [0.2, 0.25) is 5.91 Å². The van der Waals surface area contributed by atoms with Gasteiger partial charge in [-0.3, -0.25) is 9.36 Å². The molecule has 8 nitrogen and oxygen atoms in total. The minimum atomic E-state index is -4.62. The highest BCUT2D eigenvalue weighted by Crippen LogP contribution is 2.38. The first kappa shape index (κ1) is 79.4. The molecule has 0 aromatic rings. The Morgan fingerprint density at radius 1 is 0.439 bits per heavy atom. The van der Waals surface area contributed by atoms with Gasteiger partial charge in [0.1, 0.15) is 13.2 Å². The van der Waals surface area contributed by atoms with E-state index in [2.05, 4.69) is 104 Å². The molecule has 0 aliphatic heterocycles. The molecule has 476 valence electrons. The van der Waals surface area contributed by atoms with Crippen LogP contribution in [-0.4, -0.2) is 68.5 Å². The largest absolute Gasteiger partial charge is 0.756 e. The Hall–Kier alpha value is -2.58. The van der Waals surface area contributed by atoms with Gasteiger partial charge in [-0.25, -0.2) is 0 Å². The van der Waals surface area contributed by atoms with Crippen LogP contribution in [0, 0.1) is 0 Å². The second kappa shape index (κ2) is 62.9. The molecular formula is C73H133N2O6P. The minimum absolute atomic E-state index is 0.0127. The Bertz CT molecular complexity index is 1660. The summed E-state index contributed by atoms with van der Waals surface area (Å²) in [6, 6.07) is -0.918. The molecule has 0 bridgehead atoms. The zero-order chi connectivity index (χ0) is 59.8. The zero-order valence-corrected chi connectivity index (χ0v) is 55.3. The predicted octanol–water partition coefficient (Wildman–Crippen LogP) is 21.5. The number of aliphatic hydroxyl groups excluding tert-OH is 1. The molecule has 1 amide bonds. The molecular weight excluding hydrogens is 1030 g/mol. The number of phosphoric ester groups is 1. The molecule has 0 aromatic heterocycles. The highest BCUT2D eigenvalue weighted by atomic mass is 31.2. The molecule has 0 aromatic carbocycles. The van der Waals surface area contributed by atoms with Crippen LogP contribution in [0.15, 0.2) is 97.2 Å². The maximum atomic E-state index is 13.0. The van der Waals surface area contributed by atoms with Crippen molar-refractivity contribution in [2.24, 2.45) is 0 Å². The van der Waals surface area contributed by atoms with Gasteiger partial charge in [0.05, 0.1) is 39.9 Å². The molecule has 82 heavy (non-hydrogen) atoms. The van der Waals surface area contributed by atoms with E-state index in [0.29, 0.717) is 17.4 Å². The SMILES string of the molecule is CC/C=C\C/C=C\C/C=C\C/C=C\C/C=C\CCCCCCCCCCCCCCCC(=O)NC(COP(=O)([O-])OCC[N+](C)(C)C)C(O)/C=C/CC/C=C/CC/C=C/CCCCCCCCCCCCCCCCCCCCCCC. The quantitative estimate of drug-likeness (QED) is 0.0272. The highest BCUT2D eigenvalue weighted by Gasteiger charge is 2.23. The lowest BCUT2D eigenvalue weighted by Crippen LogP contribution is -2.45. The average Bonchev–Trinajstić information content (AvgIpc) is 3.47. The van der Waals surface area contributed by atoms with Gasteiger partial charge in [-0.05, 0) is 89.9 Å². The number of carbonyl (C=O) groups is 1. The average molecular weight is 1170 g/mol. The number of hydrogen-bond acceptors (Lipinski definition) is 6. The number of nitrogens with zero attached hydrogens (tertiary/aromatic N) is 1. The number of allylic oxidation sites excluding steroid dienone is 15. The summed E-state index contributed by atoms with van der Waals surface area (Å²) in [5.74, 6) is -0.213. The van der Waals surface area contributed by atoms with Crippen molar-refractivity contribution in [3.05, 3.63) is 97.2 Å². The lowest BCUT2D eigenvalue weighted by atomic mass is 10.0. The topological polar surface area (TPSA) is 108 Å². The summed E-state index contributed by atoms with van der Waals surface area (Å²) in [4.78, 5) is 25.6. The summed E-state index contributed by atoms with van der Waals surface area (Å²) in [5.41, 5.74) is 0. The normalized spacial score (nSPS) is 14.3. The number of likely N-dealkylation sites (N-methyl/N-ethyl adjacent to an activating group) is 1. The number of nitrogens with one attached hydrogen (secondary N) is 1. The number of rotatable bonds is 63. The van der Waals surface area contributed by atoms with E-state index in [-0.39, 0.29) is 12.5 Å². The van der Waals surface area contributed by atoms with E-state index in [1.165, 1.54) is 212 Å². The van der Waals surface area contributed by atoms with E-state index in [0.717, 1.165) is 77.0 Å². The van der Waals surface area contributed by atoms with Crippen molar-refractivity contribution >= 4 is 13.7 Å². The van der Waals surface area contributed by atoms with E-state index in [4.69, 9.17) is 9.05 Å². The van der Waals surface area contributed by atoms with Crippen LogP contribution >= 0.6 is 7.82 Å². The van der Waals surface area contributed by atoms with Crippen LogP contribution in [0.1, 0.15) is 309 Å².